The molecule has 0 aliphatic heterocycles. The maximum Gasteiger partial charge on any atom is 0.120 e. The van der Waals surface area contributed by atoms with Gasteiger partial charge in [0.2, 0.25) is 0 Å². The molecule has 1 N–H and O–H groups in total. The minimum absolute atomic E-state index is 0.298. The molecule has 1 heterocycles. The average Bonchev–Trinajstić information content (AvgIpc) is 2.77. The molecular weight excluding hydrogens is 234 g/mol. The third-order valence-electron chi connectivity index (χ3n) is 3.44. The summed E-state index contributed by atoms with van der Waals surface area (Å²) in [4.78, 5) is 0. The smallest absolute Gasteiger partial charge is 0.120 e. The standard InChI is InChI=1S/C16H19N3/c1-12-6-4-5-7-16(12)13(2)18-10-14-8-15(9-17)19(3)11-14/h4-8,11,13,18H,10H2,1-3H3. The highest BCUT2D eigenvalue weighted by molar-refractivity contribution is 5.30. The summed E-state index contributed by atoms with van der Waals surface area (Å²) < 4.78 is 1.86. The van der Waals surface area contributed by atoms with Gasteiger partial charge in [-0.3, -0.25) is 0 Å². The molecule has 1 unspecified atom stereocenters. The van der Waals surface area contributed by atoms with Crippen LogP contribution in [0.25, 0.3) is 0 Å². The molecule has 1 atom stereocenters. The van der Waals surface area contributed by atoms with Crippen molar-refractivity contribution < 1.29 is 0 Å². The average molecular weight is 253 g/mol. The normalized spacial score (nSPS) is 12.1. The minimum Gasteiger partial charge on any atom is -0.342 e. The molecule has 0 amide bonds. The van der Waals surface area contributed by atoms with Gasteiger partial charge in [0, 0.05) is 25.8 Å². The van der Waals surface area contributed by atoms with E-state index >= 15 is 0 Å². The first kappa shape index (κ1) is 13.4. The van der Waals surface area contributed by atoms with Gasteiger partial charge >= 0.3 is 0 Å². The van der Waals surface area contributed by atoms with Crippen LogP contribution in [-0.4, -0.2) is 4.57 Å². The molecule has 0 saturated heterocycles. The number of benzene rings is 1. The highest BCUT2D eigenvalue weighted by Gasteiger charge is 2.08. The Morgan fingerprint density at radius 2 is 2.11 bits per heavy atom. The van der Waals surface area contributed by atoms with Crippen LogP contribution in [0.2, 0.25) is 0 Å². The van der Waals surface area contributed by atoms with Crippen LogP contribution in [0.15, 0.2) is 36.5 Å². The number of hydrogen-bond donors (Lipinski definition) is 1. The van der Waals surface area contributed by atoms with Gasteiger partial charge in [0.1, 0.15) is 11.8 Å². The van der Waals surface area contributed by atoms with Crippen LogP contribution < -0.4 is 5.32 Å². The molecule has 0 fully saturated rings. The fourth-order valence-corrected chi connectivity index (χ4v) is 2.29. The molecule has 0 aliphatic rings. The van der Waals surface area contributed by atoms with Crippen molar-refractivity contribution in [3.8, 4) is 6.07 Å². The number of nitrogens with zero attached hydrogens (tertiary/aromatic N) is 2. The highest BCUT2D eigenvalue weighted by atomic mass is 14.9. The molecule has 2 rings (SSSR count). The molecule has 3 heteroatoms. The molecule has 0 radical (unpaired) electrons. The zero-order valence-corrected chi connectivity index (χ0v) is 11.6. The van der Waals surface area contributed by atoms with Gasteiger partial charge in [-0.15, -0.1) is 0 Å². The summed E-state index contributed by atoms with van der Waals surface area (Å²) in [6.45, 7) is 5.06. The second-order valence-corrected chi connectivity index (χ2v) is 4.92. The van der Waals surface area contributed by atoms with Gasteiger partial charge in [-0.2, -0.15) is 5.26 Å². The lowest BCUT2D eigenvalue weighted by atomic mass is 10.0. The number of aryl methyl sites for hydroxylation is 2. The maximum absolute atomic E-state index is 8.93. The quantitative estimate of drug-likeness (QED) is 0.909. The molecule has 19 heavy (non-hydrogen) atoms. The van der Waals surface area contributed by atoms with Crippen molar-refractivity contribution in [2.75, 3.05) is 0 Å². The van der Waals surface area contributed by atoms with Crippen LogP contribution in [-0.2, 0) is 13.6 Å². The number of nitriles is 1. The van der Waals surface area contributed by atoms with E-state index in [-0.39, 0.29) is 0 Å². The Bertz CT molecular complexity index is 605. The van der Waals surface area contributed by atoms with Gasteiger partial charge in [0.25, 0.3) is 0 Å². The van der Waals surface area contributed by atoms with E-state index in [1.165, 1.54) is 11.1 Å². The van der Waals surface area contributed by atoms with Crippen molar-refractivity contribution in [1.82, 2.24) is 9.88 Å². The van der Waals surface area contributed by atoms with Crippen LogP contribution in [0.3, 0.4) is 0 Å². The molecule has 0 saturated carbocycles. The number of rotatable bonds is 4. The van der Waals surface area contributed by atoms with Crippen molar-refractivity contribution in [2.24, 2.45) is 7.05 Å². The summed E-state index contributed by atoms with van der Waals surface area (Å²) in [5.74, 6) is 0. The third kappa shape index (κ3) is 3.04. The molecule has 0 aliphatic carbocycles. The fourth-order valence-electron chi connectivity index (χ4n) is 2.29. The molecule has 1 aromatic heterocycles. The lowest BCUT2D eigenvalue weighted by Crippen LogP contribution is -2.18. The van der Waals surface area contributed by atoms with Crippen LogP contribution >= 0.6 is 0 Å². The Morgan fingerprint density at radius 1 is 1.37 bits per heavy atom. The van der Waals surface area contributed by atoms with E-state index in [9.17, 15) is 0 Å². The van der Waals surface area contributed by atoms with Gasteiger partial charge < -0.3 is 9.88 Å². The van der Waals surface area contributed by atoms with Gasteiger partial charge in [-0.1, -0.05) is 24.3 Å². The molecule has 3 nitrogen and oxygen atoms in total. The topological polar surface area (TPSA) is 40.8 Å². The van der Waals surface area contributed by atoms with E-state index < -0.39 is 0 Å². The molecule has 0 spiro atoms. The molecule has 98 valence electrons. The molecule has 1 aromatic carbocycles. The summed E-state index contributed by atoms with van der Waals surface area (Å²) in [6, 6.07) is 12.8. The van der Waals surface area contributed by atoms with E-state index in [4.69, 9.17) is 5.26 Å². The van der Waals surface area contributed by atoms with E-state index in [0.717, 1.165) is 12.1 Å². The van der Waals surface area contributed by atoms with Gasteiger partial charge in [-0.25, -0.2) is 0 Å². The summed E-state index contributed by atoms with van der Waals surface area (Å²) in [5, 5.41) is 12.4. The maximum atomic E-state index is 8.93. The fraction of sp³-hybridized carbons (Fsp3) is 0.312. The largest absolute Gasteiger partial charge is 0.342 e. The van der Waals surface area contributed by atoms with Gasteiger partial charge in [0.05, 0.1) is 0 Å². The first-order valence-electron chi connectivity index (χ1n) is 6.46. The summed E-state index contributed by atoms with van der Waals surface area (Å²) in [7, 11) is 1.90. The number of nitrogens with one attached hydrogen (secondary N) is 1. The highest BCUT2D eigenvalue weighted by Crippen LogP contribution is 2.17. The van der Waals surface area contributed by atoms with Crippen LogP contribution in [0.1, 0.15) is 35.3 Å². The van der Waals surface area contributed by atoms with Crippen molar-refractivity contribution in [2.45, 2.75) is 26.4 Å². The lowest BCUT2D eigenvalue weighted by Gasteiger charge is -2.16. The Labute approximate surface area is 114 Å². The first-order chi connectivity index (χ1) is 9.11. The first-order valence-corrected chi connectivity index (χ1v) is 6.46. The van der Waals surface area contributed by atoms with Gasteiger partial charge in [0.15, 0.2) is 0 Å². The summed E-state index contributed by atoms with van der Waals surface area (Å²) in [5.41, 5.74) is 4.45. The van der Waals surface area contributed by atoms with E-state index in [1.54, 1.807) is 0 Å². The van der Waals surface area contributed by atoms with E-state index in [1.807, 2.05) is 23.9 Å². The van der Waals surface area contributed by atoms with Crippen LogP contribution in [0.5, 0.6) is 0 Å². The SMILES string of the molecule is Cc1ccccc1C(C)NCc1cc(C#N)n(C)c1. The summed E-state index contributed by atoms with van der Waals surface area (Å²) in [6.07, 6.45) is 2.00. The second-order valence-electron chi connectivity index (χ2n) is 4.92. The third-order valence-corrected chi connectivity index (χ3v) is 3.44. The zero-order valence-electron chi connectivity index (χ0n) is 11.6. The predicted octanol–water partition coefficient (Wildman–Crippen LogP) is 3.06. The Hall–Kier alpha value is -2.05. The van der Waals surface area contributed by atoms with Crippen LogP contribution in [0, 0.1) is 18.3 Å². The Morgan fingerprint density at radius 3 is 2.74 bits per heavy atom. The van der Waals surface area contributed by atoms with Crippen molar-refractivity contribution >= 4 is 0 Å². The van der Waals surface area contributed by atoms with Crippen molar-refractivity contribution in [3.05, 3.63) is 58.9 Å². The van der Waals surface area contributed by atoms with Crippen molar-refractivity contribution in [1.29, 1.82) is 5.26 Å². The molecule has 2 aromatic rings. The molecular formula is C16H19N3. The Balaban J connectivity index is 2.03. The van der Waals surface area contributed by atoms with Crippen LogP contribution in [0.4, 0.5) is 0 Å². The number of aromatic nitrogens is 1. The predicted molar refractivity (Wildman–Crippen MR) is 76.6 cm³/mol. The Kier molecular flexibility index (Phi) is 4.03. The monoisotopic (exact) mass is 253 g/mol. The van der Waals surface area contributed by atoms with E-state index in [2.05, 4.69) is 49.5 Å². The number of hydrogen-bond acceptors (Lipinski definition) is 2. The second kappa shape index (κ2) is 5.73. The van der Waals surface area contributed by atoms with Gasteiger partial charge in [-0.05, 0) is 36.6 Å². The lowest BCUT2D eigenvalue weighted by molar-refractivity contribution is 0.572. The van der Waals surface area contributed by atoms with Crippen molar-refractivity contribution in [3.63, 3.8) is 0 Å². The van der Waals surface area contributed by atoms with E-state index in [0.29, 0.717) is 11.7 Å². The summed E-state index contributed by atoms with van der Waals surface area (Å²) >= 11 is 0. The zero-order chi connectivity index (χ0) is 13.8. The molecule has 0 bridgehead atoms. The minimum atomic E-state index is 0.298.